The Labute approximate surface area is 168 Å². The van der Waals surface area contributed by atoms with Crippen LogP contribution in [0.15, 0.2) is 66.3 Å². The Morgan fingerprint density at radius 1 is 1.19 bits per heavy atom. The van der Waals surface area contributed by atoms with Crippen LogP contribution in [0.4, 0.5) is 0 Å². The Hall–Kier alpha value is -1.93. The van der Waals surface area contributed by atoms with Crippen LogP contribution in [0.2, 0.25) is 0 Å². The number of aryl methyl sites for hydroxylation is 1. The standard InChI is InChI=1S/C25H32NS/c1-5-7-11-15-26-22-13-9-10-14-23(22)27-24(26)17-21-16-20(12-8-6-2)18-25(3,4)19-21/h6,8-10,12-14,16-17H,2,5,7,11,15,18-19H2,1,3-4H3/q+1. The maximum Gasteiger partial charge on any atom is 0.263 e. The molecule has 0 unspecified atom stereocenters. The number of hydrogen-bond acceptors (Lipinski definition) is 1. The lowest BCUT2D eigenvalue weighted by atomic mass is 9.75. The minimum atomic E-state index is 0.297. The second kappa shape index (κ2) is 8.84. The fourth-order valence-corrected chi connectivity index (χ4v) is 5.13. The van der Waals surface area contributed by atoms with Crippen LogP contribution in [0.3, 0.4) is 0 Å². The van der Waals surface area contributed by atoms with E-state index in [-0.39, 0.29) is 0 Å². The Bertz CT molecular complexity index is 892. The van der Waals surface area contributed by atoms with Gasteiger partial charge in [0.05, 0.1) is 0 Å². The lowest BCUT2D eigenvalue weighted by molar-refractivity contribution is -0.669. The van der Waals surface area contributed by atoms with Gasteiger partial charge in [0.1, 0.15) is 4.70 Å². The van der Waals surface area contributed by atoms with Crippen molar-refractivity contribution in [2.24, 2.45) is 5.41 Å². The normalized spacial score (nSPS) is 18.3. The first-order valence-corrected chi connectivity index (χ1v) is 11.0. The summed E-state index contributed by atoms with van der Waals surface area (Å²) >= 11 is 1.92. The topological polar surface area (TPSA) is 3.88 Å². The van der Waals surface area contributed by atoms with Crippen molar-refractivity contribution in [1.29, 1.82) is 0 Å². The van der Waals surface area contributed by atoms with Gasteiger partial charge >= 0.3 is 0 Å². The van der Waals surface area contributed by atoms with E-state index < -0.39 is 0 Å². The fourth-order valence-electron chi connectivity index (χ4n) is 3.97. The third-order valence-electron chi connectivity index (χ3n) is 5.11. The Balaban J connectivity index is 2.01. The molecule has 1 aliphatic rings. The summed E-state index contributed by atoms with van der Waals surface area (Å²) in [6.07, 6.45) is 17.0. The maximum absolute atomic E-state index is 3.81. The molecule has 3 rings (SSSR count). The second-order valence-corrected chi connectivity index (χ2v) is 9.38. The predicted molar refractivity (Wildman–Crippen MR) is 120 cm³/mol. The number of unbranched alkanes of at least 4 members (excludes halogenated alkanes) is 2. The van der Waals surface area contributed by atoms with Crippen LogP contribution < -0.4 is 4.57 Å². The molecule has 1 aromatic carbocycles. The highest BCUT2D eigenvalue weighted by molar-refractivity contribution is 7.18. The molecule has 0 N–H and O–H groups in total. The summed E-state index contributed by atoms with van der Waals surface area (Å²) in [5.41, 5.74) is 4.50. The van der Waals surface area contributed by atoms with Crippen molar-refractivity contribution in [3.63, 3.8) is 0 Å². The smallest absolute Gasteiger partial charge is 0.182 e. The predicted octanol–water partition coefficient (Wildman–Crippen LogP) is 7.25. The largest absolute Gasteiger partial charge is 0.263 e. The van der Waals surface area contributed by atoms with Crippen LogP contribution in [0.5, 0.6) is 0 Å². The Kier molecular flexibility index (Phi) is 6.49. The second-order valence-electron chi connectivity index (χ2n) is 8.32. The number of rotatable bonds is 7. The molecule has 1 aliphatic carbocycles. The van der Waals surface area contributed by atoms with Gasteiger partial charge in [0.2, 0.25) is 5.52 Å². The van der Waals surface area contributed by atoms with Gasteiger partial charge in [-0.2, -0.15) is 4.57 Å². The fraction of sp³-hybridized carbons (Fsp3) is 0.400. The molecule has 0 saturated heterocycles. The number of para-hydroxylation sites is 1. The molecule has 2 heteroatoms. The number of nitrogens with zero attached hydrogens (tertiary/aromatic N) is 1. The SMILES string of the molecule is C=CC=CC1=CC(=Cc2sc3ccccc3[n+]2CCCCC)CC(C)(C)C1. The summed E-state index contributed by atoms with van der Waals surface area (Å²) in [4.78, 5) is 0. The number of allylic oxidation sites excluding steroid dienone is 6. The Morgan fingerprint density at radius 3 is 2.78 bits per heavy atom. The molecule has 0 aliphatic heterocycles. The summed E-state index contributed by atoms with van der Waals surface area (Å²) in [5, 5.41) is 1.38. The van der Waals surface area contributed by atoms with E-state index in [2.05, 4.69) is 80.5 Å². The zero-order chi connectivity index (χ0) is 19.3. The molecule has 1 heterocycles. The molecule has 142 valence electrons. The van der Waals surface area contributed by atoms with Gasteiger partial charge < -0.3 is 0 Å². The van der Waals surface area contributed by atoms with E-state index in [9.17, 15) is 0 Å². The van der Waals surface area contributed by atoms with Gasteiger partial charge in [0.25, 0.3) is 5.01 Å². The average molecular weight is 379 g/mol. The lowest BCUT2D eigenvalue weighted by Crippen LogP contribution is -2.35. The number of benzene rings is 1. The molecule has 2 aromatic rings. The molecule has 0 amide bonds. The van der Waals surface area contributed by atoms with E-state index in [1.54, 1.807) is 0 Å². The highest BCUT2D eigenvalue weighted by atomic mass is 32.1. The quantitative estimate of drug-likeness (QED) is 0.271. The van der Waals surface area contributed by atoms with Crippen LogP contribution in [0.25, 0.3) is 16.3 Å². The number of fused-ring (bicyclic) bond motifs is 1. The first kappa shape index (κ1) is 19.8. The number of hydrogen-bond donors (Lipinski definition) is 0. The van der Waals surface area contributed by atoms with Crippen LogP contribution in [-0.4, -0.2) is 0 Å². The highest BCUT2D eigenvalue weighted by Crippen LogP contribution is 2.39. The van der Waals surface area contributed by atoms with E-state index in [0.717, 1.165) is 19.4 Å². The highest BCUT2D eigenvalue weighted by Gasteiger charge is 2.26. The van der Waals surface area contributed by atoms with Gasteiger partial charge in [-0.25, -0.2) is 0 Å². The van der Waals surface area contributed by atoms with Crippen molar-refractivity contribution in [2.75, 3.05) is 0 Å². The first-order valence-electron chi connectivity index (χ1n) is 10.1. The van der Waals surface area contributed by atoms with E-state index in [1.807, 2.05) is 17.4 Å². The minimum Gasteiger partial charge on any atom is -0.182 e. The molecule has 0 fully saturated rings. The average Bonchev–Trinajstić information content (AvgIpc) is 2.96. The van der Waals surface area contributed by atoms with Crippen molar-refractivity contribution in [3.05, 3.63) is 71.3 Å². The zero-order valence-electron chi connectivity index (χ0n) is 17.0. The summed E-state index contributed by atoms with van der Waals surface area (Å²) in [6.45, 7) is 11.9. The molecule has 0 atom stereocenters. The number of thiazole rings is 1. The third-order valence-corrected chi connectivity index (χ3v) is 6.23. The van der Waals surface area contributed by atoms with Crippen molar-refractivity contribution in [3.8, 4) is 0 Å². The van der Waals surface area contributed by atoms with E-state index in [4.69, 9.17) is 0 Å². The molecule has 0 spiro atoms. The number of aromatic nitrogens is 1. The first-order chi connectivity index (χ1) is 13.0. The van der Waals surface area contributed by atoms with Gasteiger partial charge in [-0.1, -0.05) is 81.5 Å². The van der Waals surface area contributed by atoms with Crippen LogP contribution >= 0.6 is 11.3 Å². The van der Waals surface area contributed by atoms with E-state index in [0.29, 0.717) is 5.41 Å². The molecule has 0 radical (unpaired) electrons. The zero-order valence-corrected chi connectivity index (χ0v) is 17.8. The monoisotopic (exact) mass is 378 g/mol. The van der Waals surface area contributed by atoms with Crippen molar-refractivity contribution in [1.82, 2.24) is 0 Å². The van der Waals surface area contributed by atoms with Crippen molar-refractivity contribution < 1.29 is 4.57 Å². The summed E-state index contributed by atoms with van der Waals surface area (Å²) < 4.78 is 3.91. The molecular weight excluding hydrogens is 346 g/mol. The van der Waals surface area contributed by atoms with Gasteiger partial charge in [0.15, 0.2) is 6.54 Å². The van der Waals surface area contributed by atoms with Crippen LogP contribution in [0.1, 0.15) is 57.9 Å². The molecule has 1 nitrogen and oxygen atoms in total. The van der Waals surface area contributed by atoms with Crippen LogP contribution in [0, 0.1) is 5.41 Å². The van der Waals surface area contributed by atoms with Gasteiger partial charge in [0, 0.05) is 18.6 Å². The Morgan fingerprint density at radius 2 is 2.00 bits per heavy atom. The maximum atomic E-state index is 3.81. The minimum absolute atomic E-state index is 0.297. The molecule has 0 saturated carbocycles. The molecule has 27 heavy (non-hydrogen) atoms. The van der Waals surface area contributed by atoms with Gasteiger partial charge in [-0.05, 0) is 41.9 Å². The van der Waals surface area contributed by atoms with Crippen molar-refractivity contribution in [2.45, 2.75) is 59.4 Å². The molecule has 1 aromatic heterocycles. The van der Waals surface area contributed by atoms with E-state index >= 15 is 0 Å². The van der Waals surface area contributed by atoms with Gasteiger partial charge in [-0.3, -0.25) is 0 Å². The van der Waals surface area contributed by atoms with E-state index in [1.165, 1.54) is 45.6 Å². The van der Waals surface area contributed by atoms with Gasteiger partial charge in [-0.15, -0.1) is 0 Å². The molecular formula is C25H32NS+. The summed E-state index contributed by atoms with van der Waals surface area (Å²) in [6, 6.07) is 8.81. The van der Waals surface area contributed by atoms with Crippen molar-refractivity contribution >= 4 is 27.6 Å². The third kappa shape index (κ3) is 5.07. The summed E-state index contributed by atoms with van der Waals surface area (Å²) in [7, 11) is 0. The van der Waals surface area contributed by atoms with Crippen LogP contribution in [-0.2, 0) is 6.54 Å². The lowest BCUT2D eigenvalue weighted by Gasteiger charge is -2.30. The molecule has 0 bridgehead atoms. The summed E-state index contributed by atoms with van der Waals surface area (Å²) in [5.74, 6) is 0.